The van der Waals surface area contributed by atoms with Crippen LogP contribution in [0.15, 0.2) is 18.6 Å². The molecule has 0 radical (unpaired) electrons. The number of anilines is 3. The van der Waals surface area contributed by atoms with Gasteiger partial charge in [0.15, 0.2) is 0 Å². The van der Waals surface area contributed by atoms with Crippen molar-refractivity contribution in [2.75, 3.05) is 30.7 Å². The van der Waals surface area contributed by atoms with E-state index in [0.717, 1.165) is 18.8 Å². The van der Waals surface area contributed by atoms with Crippen molar-refractivity contribution in [2.24, 2.45) is 0 Å². The van der Waals surface area contributed by atoms with E-state index in [1.807, 2.05) is 10.9 Å². The number of nitrogens with zero attached hydrogens (tertiary/aromatic N) is 5. The molecule has 0 spiro atoms. The van der Waals surface area contributed by atoms with Gasteiger partial charge in [-0.1, -0.05) is 11.6 Å². The molecular weight excluding hydrogens is 290 g/mol. The molecule has 7 nitrogen and oxygen atoms in total. The van der Waals surface area contributed by atoms with E-state index in [2.05, 4.69) is 25.3 Å². The highest BCUT2D eigenvalue weighted by Gasteiger charge is 2.11. The third kappa shape index (κ3) is 3.62. The Morgan fingerprint density at radius 1 is 1.24 bits per heavy atom. The van der Waals surface area contributed by atoms with Gasteiger partial charge in [-0.2, -0.15) is 10.1 Å². The van der Waals surface area contributed by atoms with Gasteiger partial charge in [0.2, 0.25) is 5.95 Å². The maximum absolute atomic E-state index is 5.79. The van der Waals surface area contributed by atoms with Crippen LogP contribution in [0.4, 0.5) is 17.5 Å². The number of rotatable bonds is 5. The Morgan fingerprint density at radius 2 is 2.05 bits per heavy atom. The molecule has 21 heavy (non-hydrogen) atoms. The van der Waals surface area contributed by atoms with Crippen LogP contribution in [0.2, 0.25) is 5.02 Å². The van der Waals surface area contributed by atoms with Crippen LogP contribution in [-0.4, -0.2) is 44.3 Å². The molecule has 0 aromatic carbocycles. The van der Waals surface area contributed by atoms with Crippen molar-refractivity contribution in [1.29, 1.82) is 0 Å². The molecule has 3 rings (SSSR count). The maximum Gasteiger partial charge on any atom is 0.229 e. The number of nitrogens with one attached hydrogen (secondary N) is 1. The smallest absolute Gasteiger partial charge is 0.229 e. The van der Waals surface area contributed by atoms with E-state index in [4.69, 9.17) is 17.3 Å². The molecule has 0 unspecified atom stereocenters. The summed E-state index contributed by atoms with van der Waals surface area (Å²) in [4.78, 5) is 10.6. The molecule has 112 valence electrons. The molecule has 0 aliphatic carbocycles. The third-order valence-corrected chi connectivity index (χ3v) is 3.80. The summed E-state index contributed by atoms with van der Waals surface area (Å²) < 4.78 is 1.92. The second kappa shape index (κ2) is 6.28. The fourth-order valence-electron chi connectivity index (χ4n) is 2.37. The van der Waals surface area contributed by atoms with Crippen LogP contribution in [0, 0.1) is 0 Å². The van der Waals surface area contributed by atoms with Crippen LogP contribution in [-0.2, 0) is 6.54 Å². The summed E-state index contributed by atoms with van der Waals surface area (Å²) in [6.45, 7) is 4.31. The van der Waals surface area contributed by atoms with Crippen LogP contribution in [0.1, 0.15) is 12.8 Å². The predicted octanol–water partition coefficient (Wildman–Crippen LogP) is 1.75. The van der Waals surface area contributed by atoms with Crippen LogP contribution >= 0.6 is 11.6 Å². The third-order valence-electron chi connectivity index (χ3n) is 3.50. The largest absolute Gasteiger partial charge is 0.382 e. The zero-order chi connectivity index (χ0) is 14.7. The number of nitrogens with two attached hydrogens (primary N) is 1. The summed E-state index contributed by atoms with van der Waals surface area (Å²) in [6.07, 6.45) is 7.77. The molecule has 1 saturated heterocycles. The van der Waals surface area contributed by atoms with E-state index in [-0.39, 0.29) is 5.82 Å². The van der Waals surface area contributed by atoms with Gasteiger partial charge in [-0.15, -0.1) is 0 Å². The Kier molecular flexibility index (Phi) is 4.21. The minimum Gasteiger partial charge on any atom is -0.382 e. The first kappa shape index (κ1) is 14.1. The minimum absolute atomic E-state index is 0.260. The highest BCUT2D eigenvalue weighted by Crippen LogP contribution is 2.18. The highest BCUT2D eigenvalue weighted by molar-refractivity contribution is 6.32. The molecule has 8 heteroatoms. The summed E-state index contributed by atoms with van der Waals surface area (Å²) >= 11 is 5.79. The molecule has 3 heterocycles. The summed E-state index contributed by atoms with van der Waals surface area (Å²) in [5, 5.41) is 7.74. The summed E-state index contributed by atoms with van der Waals surface area (Å²) in [5.41, 5.74) is 6.48. The molecule has 1 fully saturated rings. The molecule has 0 amide bonds. The van der Waals surface area contributed by atoms with Crippen molar-refractivity contribution < 1.29 is 0 Å². The summed E-state index contributed by atoms with van der Waals surface area (Å²) in [5.74, 6) is 0.673. The maximum atomic E-state index is 5.79. The fourth-order valence-corrected chi connectivity index (χ4v) is 2.46. The van der Waals surface area contributed by atoms with Gasteiger partial charge in [-0.3, -0.25) is 4.68 Å². The van der Waals surface area contributed by atoms with Gasteiger partial charge in [0.25, 0.3) is 0 Å². The standard InChI is InChI=1S/C13H18ClN7/c14-11-8-16-13(19-12(11)15)18-10-7-17-21(9-10)6-5-20-3-1-2-4-20/h7-9H,1-6H2,(H3,15,16,18,19). The quantitative estimate of drug-likeness (QED) is 0.875. The Bertz CT molecular complexity index is 606. The van der Waals surface area contributed by atoms with Gasteiger partial charge in [0.1, 0.15) is 10.8 Å². The minimum atomic E-state index is 0.260. The SMILES string of the molecule is Nc1nc(Nc2cnn(CCN3CCCC3)c2)ncc1Cl. The second-order valence-corrected chi connectivity index (χ2v) is 5.50. The molecule has 1 aliphatic heterocycles. The van der Waals surface area contributed by atoms with E-state index < -0.39 is 0 Å². The molecule has 3 N–H and O–H groups in total. The predicted molar refractivity (Wildman–Crippen MR) is 82.6 cm³/mol. The molecule has 0 bridgehead atoms. The first-order valence-corrected chi connectivity index (χ1v) is 7.38. The lowest BCUT2D eigenvalue weighted by atomic mass is 10.4. The van der Waals surface area contributed by atoms with Crippen LogP contribution in [0.5, 0.6) is 0 Å². The van der Waals surface area contributed by atoms with E-state index in [0.29, 0.717) is 11.0 Å². The second-order valence-electron chi connectivity index (χ2n) is 5.09. The number of likely N-dealkylation sites (tertiary alicyclic amines) is 1. The monoisotopic (exact) mass is 307 g/mol. The highest BCUT2D eigenvalue weighted by atomic mass is 35.5. The van der Waals surface area contributed by atoms with E-state index in [1.54, 1.807) is 6.20 Å². The average molecular weight is 308 g/mol. The molecular formula is C13H18ClN7. The molecule has 0 saturated carbocycles. The number of aromatic nitrogens is 4. The van der Waals surface area contributed by atoms with Crippen LogP contribution < -0.4 is 11.1 Å². The number of halogens is 1. The van der Waals surface area contributed by atoms with E-state index in [1.165, 1.54) is 32.1 Å². The number of nitrogen functional groups attached to an aromatic ring is 1. The Labute approximate surface area is 128 Å². The summed E-state index contributed by atoms with van der Waals surface area (Å²) in [7, 11) is 0. The van der Waals surface area contributed by atoms with E-state index >= 15 is 0 Å². The lowest BCUT2D eigenvalue weighted by Gasteiger charge is -2.13. The molecule has 1 aliphatic rings. The van der Waals surface area contributed by atoms with Crippen molar-refractivity contribution in [1.82, 2.24) is 24.6 Å². The molecule has 2 aromatic rings. The fraction of sp³-hybridized carbons (Fsp3) is 0.462. The van der Waals surface area contributed by atoms with Gasteiger partial charge in [0.05, 0.1) is 24.6 Å². The normalized spacial score (nSPS) is 15.5. The van der Waals surface area contributed by atoms with Crippen LogP contribution in [0.25, 0.3) is 0 Å². The lowest BCUT2D eigenvalue weighted by Crippen LogP contribution is -2.24. The molecule has 0 atom stereocenters. The van der Waals surface area contributed by atoms with Crippen molar-refractivity contribution >= 4 is 29.1 Å². The van der Waals surface area contributed by atoms with Gasteiger partial charge < -0.3 is 16.0 Å². The van der Waals surface area contributed by atoms with Gasteiger partial charge >= 0.3 is 0 Å². The van der Waals surface area contributed by atoms with Gasteiger partial charge in [-0.05, 0) is 25.9 Å². The lowest BCUT2D eigenvalue weighted by molar-refractivity contribution is 0.316. The van der Waals surface area contributed by atoms with E-state index in [9.17, 15) is 0 Å². The van der Waals surface area contributed by atoms with Crippen LogP contribution in [0.3, 0.4) is 0 Å². The number of hydrogen-bond acceptors (Lipinski definition) is 6. The van der Waals surface area contributed by atoms with Crippen molar-refractivity contribution in [3.8, 4) is 0 Å². The number of hydrogen-bond donors (Lipinski definition) is 2. The summed E-state index contributed by atoms with van der Waals surface area (Å²) in [6, 6.07) is 0. The first-order chi connectivity index (χ1) is 10.2. The van der Waals surface area contributed by atoms with Gasteiger partial charge in [-0.25, -0.2) is 4.98 Å². The molecule has 2 aromatic heterocycles. The zero-order valence-electron chi connectivity index (χ0n) is 11.7. The first-order valence-electron chi connectivity index (χ1n) is 7.00. The van der Waals surface area contributed by atoms with Crippen molar-refractivity contribution in [3.05, 3.63) is 23.6 Å². The Balaban J connectivity index is 1.57. The van der Waals surface area contributed by atoms with Crippen molar-refractivity contribution in [3.63, 3.8) is 0 Å². The Morgan fingerprint density at radius 3 is 2.81 bits per heavy atom. The average Bonchev–Trinajstić information content (AvgIpc) is 3.12. The van der Waals surface area contributed by atoms with Crippen molar-refractivity contribution in [2.45, 2.75) is 19.4 Å². The van der Waals surface area contributed by atoms with Gasteiger partial charge in [0, 0.05) is 12.7 Å². The Hall–Kier alpha value is -1.86. The zero-order valence-corrected chi connectivity index (χ0v) is 12.4. The topological polar surface area (TPSA) is 84.9 Å².